The number of phenols is 1. The Morgan fingerprint density at radius 2 is 1.85 bits per heavy atom. The fourth-order valence-electron chi connectivity index (χ4n) is 6.54. The largest absolute Gasteiger partial charge is 0.507 e. The van der Waals surface area contributed by atoms with Gasteiger partial charge >= 0.3 is 0 Å². The molecule has 0 aromatic heterocycles. The number of benzene rings is 2. The van der Waals surface area contributed by atoms with Crippen molar-refractivity contribution in [1.29, 1.82) is 0 Å². The monoisotopic (exact) mass is 551 g/mol. The first-order chi connectivity index (χ1) is 19.2. The summed E-state index contributed by atoms with van der Waals surface area (Å²) in [6, 6.07) is 9.46. The van der Waals surface area contributed by atoms with Crippen LogP contribution in [0.3, 0.4) is 0 Å². The summed E-state index contributed by atoms with van der Waals surface area (Å²) in [4.78, 5) is 40.0. The molecule has 2 aromatic carbocycles. The molecule has 2 aromatic rings. The first-order valence-electron chi connectivity index (χ1n) is 14.3. The standard InChI is InChI=1S/C32H41NO7/c1-20(36)13-29(38)27(19-35)23(9-12-34)14-21-15-26-25(6-7-28(37)32(26)30(39)16-21)22-5-8-31(40-2)24(17-22)18-33-10-3-4-11-33/h5-8,17,21,23,27,34-35,37H,3-4,9-16,18-19H2,1-2H3. The van der Waals surface area contributed by atoms with Crippen molar-refractivity contribution in [3.63, 3.8) is 0 Å². The summed E-state index contributed by atoms with van der Waals surface area (Å²) in [6.07, 6.45) is 3.57. The van der Waals surface area contributed by atoms with Crippen LogP contribution in [-0.2, 0) is 22.6 Å². The maximum absolute atomic E-state index is 13.4. The number of carbonyl (C=O) groups is 3. The van der Waals surface area contributed by atoms with Gasteiger partial charge in [-0.05, 0) is 98.8 Å². The molecule has 40 heavy (non-hydrogen) atoms. The van der Waals surface area contributed by atoms with Gasteiger partial charge in [-0.1, -0.05) is 12.1 Å². The van der Waals surface area contributed by atoms with E-state index in [1.165, 1.54) is 19.8 Å². The van der Waals surface area contributed by atoms with E-state index in [-0.39, 0.29) is 60.8 Å². The lowest BCUT2D eigenvalue weighted by Crippen LogP contribution is -2.32. The Bertz CT molecular complexity index is 1230. The number of likely N-dealkylation sites (tertiary alicyclic amines) is 1. The molecule has 1 aliphatic carbocycles. The maximum Gasteiger partial charge on any atom is 0.167 e. The first-order valence-corrected chi connectivity index (χ1v) is 14.3. The number of fused-ring (bicyclic) bond motifs is 1. The van der Waals surface area contributed by atoms with Gasteiger partial charge in [0.05, 0.1) is 25.7 Å². The highest BCUT2D eigenvalue weighted by Gasteiger charge is 2.35. The molecular formula is C32H41NO7. The number of carbonyl (C=O) groups excluding carboxylic acids is 3. The van der Waals surface area contributed by atoms with Crippen LogP contribution in [0.5, 0.6) is 11.5 Å². The van der Waals surface area contributed by atoms with E-state index in [9.17, 15) is 29.7 Å². The Balaban J connectivity index is 1.65. The van der Waals surface area contributed by atoms with Crippen molar-refractivity contribution < 1.29 is 34.4 Å². The number of Topliss-reactive ketones (excluding diaryl/α,β-unsaturated/α-hetero) is 3. The third kappa shape index (κ3) is 6.79. The van der Waals surface area contributed by atoms with E-state index in [0.29, 0.717) is 18.4 Å². The molecule has 1 aliphatic heterocycles. The third-order valence-corrected chi connectivity index (χ3v) is 8.46. The minimum Gasteiger partial charge on any atom is -0.507 e. The number of rotatable bonds is 13. The molecule has 0 bridgehead atoms. The SMILES string of the molecule is COc1ccc(-c2ccc(O)c3c2CC(CC(CCO)C(CO)C(=O)CC(C)=O)CC3=O)cc1CN1CCCC1. The first kappa shape index (κ1) is 29.9. The van der Waals surface area contributed by atoms with Gasteiger partial charge in [-0.25, -0.2) is 0 Å². The number of phenolic OH excluding ortho intramolecular Hbond substituents is 1. The molecule has 0 radical (unpaired) electrons. The number of nitrogens with zero attached hydrogens (tertiary/aromatic N) is 1. The summed E-state index contributed by atoms with van der Waals surface area (Å²) in [5.74, 6) is -1.26. The van der Waals surface area contributed by atoms with Crippen LogP contribution in [0.1, 0.15) is 66.9 Å². The molecule has 8 heteroatoms. The number of aromatic hydroxyl groups is 1. The van der Waals surface area contributed by atoms with E-state index < -0.39 is 12.5 Å². The lowest BCUT2D eigenvalue weighted by Gasteiger charge is -2.32. The van der Waals surface area contributed by atoms with Crippen molar-refractivity contribution in [1.82, 2.24) is 4.90 Å². The minimum atomic E-state index is -0.772. The summed E-state index contributed by atoms with van der Waals surface area (Å²) >= 11 is 0. The van der Waals surface area contributed by atoms with Crippen LogP contribution in [0.25, 0.3) is 11.1 Å². The van der Waals surface area contributed by atoms with E-state index in [4.69, 9.17) is 4.74 Å². The molecular weight excluding hydrogens is 510 g/mol. The summed E-state index contributed by atoms with van der Waals surface area (Å²) in [7, 11) is 1.66. The molecule has 3 unspecified atom stereocenters. The summed E-state index contributed by atoms with van der Waals surface area (Å²) in [5, 5.41) is 30.4. The van der Waals surface area contributed by atoms with Gasteiger partial charge in [0, 0.05) is 31.1 Å². The third-order valence-electron chi connectivity index (χ3n) is 8.46. The highest BCUT2D eigenvalue weighted by Crippen LogP contribution is 2.42. The fraction of sp³-hybridized carbons (Fsp3) is 0.531. The van der Waals surface area contributed by atoms with Gasteiger partial charge in [0.1, 0.15) is 23.1 Å². The molecule has 2 aliphatic rings. The zero-order chi connectivity index (χ0) is 28.8. The zero-order valence-corrected chi connectivity index (χ0v) is 23.5. The predicted octanol–water partition coefficient (Wildman–Crippen LogP) is 3.95. The quantitative estimate of drug-likeness (QED) is 0.320. The lowest BCUT2D eigenvalue weighted by molar-refractivity contribution is -0.131. The van der Waals surface area contributed by atoms with Gasteiger partial charge in [-0.2, -0.15) is 0 Å². The van der Waals surface area contributed by atoms with E-state index in [2.05, 4.69) is 11.0 Å². The molecule has 0 amide bonds. The molecule has 0 spiro atoms. The average Bonchev–Trinajstić information content (AvgIpc) is 3.42. The second-order valence-corrected chi connectivity index (χ2v) is 11.3. The van der Waals surface area contributed by atoms with Crippen LogP contribution in [0.2, 0.25) is 0 Å². The van der Waals surface area contributed by atoms with E-state index in [1.54, 1.807) is 13.2 Å². The number of hydrogen-bond acceptors (Lipinski definition) is 8. The van der Waals surface area contributed by atoms with Gasteiger partial charge in [0.2, 0.25) is 0 Å². The second-order valence-electron chi connectivity index (χ2n) is 11.3. The van der Waals surface area contributed by atoms with Gasteiger partial charge in [0.15, 0.2) is 5.78 Å². The van der Waals surface area contributed by atoms with Crippen molar-refractivity contribution in [3.8, 4) is 22.6 Å². The Labute approximate surface area is 236 Å². The molecule has 3 atom stereocenters. The van der Waals surface area contributed by atoms with Crippen LogP contribution in [0.4, 0.5) is 0 Å². The van der Waals surface area contributed by atoms with E-state index >= 15 is 0 Å². The fourth-order valence-corrected chi connectivity index (χ4v) is 6.54. The van der Waals surface area contributed by atoms with Crippen molar-refractivity contribution in [2.24, 2.45) is 17.8 Å². The van der Waals surface area contributed by atoms with Crippen LogP contribution in [0.15, 0.2) is 30.3 Å². The maximum atomic E-state index is 13.4. The molecule has 1 saturated heterocycles. The van der Waals surface area contributed by atoms with Gasteiger partial charge in [-0.15, -0.1) is 0 Å². The topological polar surface area (TPSA) is 124 Å². The smallest absolute Gasteiger partial charge is 0.167 e. The summed E-state index contributed by atoms with van der Waals surface area (Å²) in [6.45, 7) is 3.65. The number of ether oxygens (including phenoxy) is 1. The van der Waals surface area contributed by atoms with Gasteiger partial charge in [0.25, 0.3) is 0 Å². The average molecular weight is 552 g/mol. The molecule has 216 valence electrons. The second kappa shape index (κ2) is 13.5. The van der Waals surface area contributed by atoms with Crippen molar-refractivity contribution >= 4 is 17.3 Å². The summed E-state index contributed by atoms with van der Waals surface area (Å²) in [5.41, 5.74) is 4.01. The number of hydrogen-bond donors (Lipinski definition) is 3. The zero-order valence-electron chi connectivity index (χ0n) is 23.5. The van der Waals surface area contributed by atoms with Crippen LogP contribution in [-0.4, -0.2) is 71.0 Å². The minimum absolute atomic E-state index is 0.0372. The molecule has 3 N–H and O–H groups in total. The van der Waals surface area contributed by atoms with Crippen LogP contribution >= 0.6 is 0 Å². The Morgan fingerprint density at radius 3 is 2.50 bits per heavy atom. The number of ketones is 3. The molecule has 0 saturated carbocycles. The number of methoxy groups -OCH3 is 1. The molecule has 1 heterocycles. The predicted molar refractivity (Wildman–Crippen MR) is 151 cm³/mol. The Kier molecular flexibility index (Phi) is 10.1. The van der Waals surface area contributed by atoms with Crippen LogP contribution < -0.4 is 4.74 Å². The lowest BCUT2D eigenvalue weighted by atomic mass is 9.72. The van der Waals surface area contributed by atoms with Crippen molar-refractivity contribution in [2.45, 2.75) is 58.4 Å². The van der Waals surface area contributed by atoms with Crippen LogP contribution in [0, 0.1) is 17.8 Å². The number of aliphatic hydroxyl groups is 2. The Hall–Kier alpha value is -3.07. The van der Waals surface area contributed by atoms with Crippen molar-refractivity contribution in [2.75, 3.05) is 33.4 Å². The molecule has 8 nitrogen and oxygen atoms in total. The van der Waals surface area contributed by atoms with Gasteiger partial charge < -0.3 is 20.1 Å². The van der Waals surface area contributed by atoms with E-state index in [0.717, 1.165) is 47.6 Å². The van der Waals surface area contributed by atoms with Gasteiger partial charge in [-0.3, -0.25) is 19.3 Å². The molecule has 1 fully saturated rings. The Morgan fingerprint density at radius 1 is 1.10 bits per heavy atom. The highest BCUT2D eigenvalue weighted by atomic mass is 16.5. The molecule has 4 rings (SSSR count). The summed E-state index contributed by atoms with van der Waals surface area (Å²) < 4.78 is 5.65. The highest BCUT2D eigenvalue weighted by molar-refractivity contribution is 6.03. The normalized spacial score (nSPS) is 18.8. The van der Waals surface area contributed by atoms with E-state index in [1.807, 2.05) is 18.2 Å². The number of aliphatic hydroxyl groups excluding tert-OH is 2. The van der Waals surface area contributed by atoms with Crippen molar-refractivity contribution in [3.05, 3.63) is 47.0 Å².